The van der Waals surface area contributed by atoms with Crippen molar-refractivity contribution < 1.29 is 5.11 Å². The summed E-state index contributed by atoms with van der Waals surface area (Å²) in [4.78, 5) is 0. The van der Waals surface area contributed by atoms with Crippen LogP contribution in [0.25, 0.3) is 0 Å². The van der Waals surface area contributed by atoms with Gasteiger partial charge in [-0.1, -0.05) is 6.92 Å². The molecular weight excluding hydrogens is 114 g/mol. The molecule has 1 rings (SSSR count). The van der Waals surface area contributed by atoms with Crippen LogP contribution >= 0.6 is 0 Å². The van der Waals surface area contributed by atoms with Crippen LogP contribution in [0.3, 0.4) is 0 Å². The van der Waals surface area contributed by atoms with Gasteiger partial charge >= 0.3 is 0 Å². The van der Waals surface area contributed by atoms with Gasteiger partial charge in [-0.15, -0.1) is 0 Å². The van der Waals surface area contributed by atoms with Crippen LogP contribution in [0.2, 0.25) is 0 Å². The summed E-state index contributed by atoms with van der Waals surface area (Å²) in [7, 11) is 0. The van der Waals surface area contributed by atoms with E-state index in [-0.39, 0.29) is 12.1 Å². The Morgan fingerprint density at radius 1 is 1.78 bits per heavy atom. The first-order chi connectivity index (χ1) is 4.16. The van der Waals surface area contributed by atoms with E-state index in [1.165, 1.54) is 6.42 Å². The number of hydrogen-bond acceptors (Lipinski definition) is 2. The minimum Gasteiger partial charge on any atom is -0.394 e. The molecule has 2 heteroatoms. The molecule has 1 aliphatic carbocycles. The molecule has 0 aromatic rings. The molecule has 0 saturated heterocycles. The number of aliphatic hydroxyl groups excluding tert-OH is 1. The molecule has 2 atom stereocenters. The predicted octanol–water partition coefficient (Wildman–Crippen LogP) is 0.496. The van der Waals surface area contributed by atoms with Gasteiger partial charge in [-0.2, -0.15) is 0 Å². The zero-order valence-electron chi connectivity index (χ0n) is 5.93. The molecule has 0 aromatic carbocycles. The number of nitrogens with two attached hydrogens (primary N) is 1. The lowest BCUT2D eigenvalue weighted by atomic mass is 9.99. The highest BCUT2D eigenvalue weighted by Gasteiger charge is 2.32. The van der Waals surface area contributed by atoms with Gasteiger partial charge in [0.1, 0.15) is 0 Å². The fraction of sp³-hybridized carbons (Fsp3) is 1.00. The molecule has 0 amide bonds. The monoisotopic (exact) mass is 129 g/mol. The summed E-state index contributed by atoms with van der Waals surface area (Å²) in [6.45, 7) is 2.33. The van der Waals surface area contributed by atoms with Crippen molar-refractivity contribution in [2.24, 2.45) is 11.7 Å². The average molecular weight is 129 g/mol. The van der Waals surface area contributed by atoms with Crippen molar-refractivity contribution in [1.29, 1.82) is 0 Å². The molecule has 3 N–H and O–H groups in total. The van der Waals surface area contributed by atoms with E-state index in [0.29, 0.717) is 5.92 Å². The van der Waals surface area contributed by atoms with Crippen molar-refractivity contribution in [2.75, 3.05) is 6.61 Å². The van der Waals surface area contributed by atoms with Crippen LogP contribution in [-0.4, -0.2) is 17.3 Å². The fourth-order valence-electron chi connectivity index (χ4n) is 1.58. The van der Waals surface area contributed by atoms with Gasteiger partial charge in [0.15, 0.2) is 0 Å². The molecular formula is C7H15NO. The van der Waals surface area contributed by atoms with E-state index in [1.807, 2.05) is 0 Å². The second-order valence-corrected chi connectivity index (χ2v) is 3.37. The van der Waals surface area contributed by atoms with Gasteiger partial charge in [0.05, 0.1) is 6.61 Å². The third kappa shape index (κ3) is 1.43. The Morgan fingerprint density at radius 2 is 2.44 bits per heavy atom. The maximum atomic E-state index is 8.82. The van der Waals surface area contributed by atoms with Crippen LogP contribution in [0.4, 0.5) is 0 Å². The molecule has 0 heterocycles. The summed E-state index contributed by atoms with van der Waals surface area (Å²) in [5, 5.41) is 8.82. The van der Waals surface area contributed by atoms with Crippen LogP contribution in [-0.2, 0) is 0 Å². The second kappa shape index (κ2) is 2.27. The predicted molar refractivity (Wildman–Crippen MR) is 37.0 cm³/mol. The van der Waals surface area contributed by atoms with Crippen LogP contribution in [0, 0.1) is 5.92 Å². The van der Waals surface area contributed by atoms with Gasteiger partial charge in [-0.3, -0.25) is 0 Å². The Morgan fingerprint density at radius 3 is 2.67 bits per heavy atom. The summed E-state index contributed by atoms with van der Waals surface area (Å²) in [6, 6.07) is 0. The van der Waals surface area contributed by atoms with E-state index in [0.717, 1.165) is 12.8 Å². The van der Waals surface area contributed by atoms with Gasteiger partial charge in [0.2, 0.25) is 0 Å². The van der Waals surface area contributed by atoms with Crippen molar-refractivity contribution in [3.05, 3.63) is 0 Å². The average Bonchev–Trinajstić information content (AvgIpc) is 2.13. The molecule has 0 spiro atoms. The first-order valence-corrected chi connectivity index (χ1v) is 3.56. The topological polar surface area (TPSA) is 46.2 Å². The first kappa shape index (κ1) is 7.03. The molecule has 0 bridgehead atoms. The van der Waals surface area contributed by atoms with Crippen LogP contribution in [0.5, 0.6) is 0 Å². The van der Waals surface area contributed by atoms with Crippen LogP contribution in [0.15, 0.2) is 0 Å². The Kier molecular flexibility index (Phi) is 1.78. The number of aliphatic hydroxyl groups is 1. The molecule has 2 nitrogen and oxygen atoms in total. The second-order valence-electron chi connectivity index (χ2n) is 3.37. The summed E-state index contributed by atoms with van der Waals surface area (Å²) < 4.78 is 0. The molecule has 1 saturated carbocycles. The standard InChI is InChI=1S/C7H15NO/c1-6-2-3-7(8,4-6)5-9/h6,9H,2-5,8H2,1H3/t6-,7-/m1/s1. The van der Waals surface area contributed by atoms with Gasteiger partial charge < -0.3 is 10.8 Å². The van der Waals surface area contributed by atoms with E-state index in [4.69, 9.17) is 10.8 Å². The lowest BCUT2D eigenvalue weighted by molar-refractivity contribution is 0.196. The molecule has 54 valence electrons. The highest BCUT2D eigenvalue weighted by atomic mass is 16.3. The molecule has 0 aliphatic heterocycles. The molecule has 0 aromatic heterocycles. The number of hydrogen-bond donors (Lipinski definition) is 2. The van der Waals surface area contributed by atoms with Gasteiger partial charge in [-0.25, -0.2) is 0 Å². The molecule has 0 radical (unpaired) electrons. The summed E-state index contributed by atoms with van der Waals surface area (Å²) in [5.74, 6) is 0.710. The third-order valence-corrected chi connectivity index (χ3v) is 2.20. The Hall–Kier alpha value is -0.0800. The maximum Gasteiger partial charge on any atom is 0.0611 e. The highest BCUT2D eigenvalue weighted by Crippen LogP contribution is 2.31. The van der Waals surface area contributed by atoms with Crippen molar-refractivity contribution in [3.8, 4) is 0 Å². The molecule has 0 unspecified atom stereocenters. The maximum absolute atomic E-state index is 8.82. The van der Waals surface area contributed by atoms with Gasteiger partial charge in [0.25, 0.3) is 0 Å². The first-order valence-electron chi connectivity index (χ1n) is 3.56. The molecule has 1 aliphatic rings. The number of rotatable bonds is 1. The molecule has 9 heavy (non-hydrogen) atoms. The smallest absolute Gasteiger partial charge is 0.0611 e. The quantitative estimate of drug-likeness (QED) is 0.541. The SMILES string of the molecule is C[C@@H]1CC[C@](N)(CO)C1. The van der Waals surface area contributed by atoms with E-state index < -0.39 is 0 Å². The van der Waals surface area contributed by atoms with Crippen molar-refractivity contribution in [3.63, 3.8) is 0 Å². The fourth-order valence-corrected chi connectivity index (χ4v) is 1.58. The van der Waals surface area contributed by atoms with Gasteiger partial charge in [-0.05, 0) is 25.2 Å². The largest absolute Gasteiger partial charge is 0.394 e. The third-order valence-electron chi connectivity index (χ3n) is 2.20. The lowest BCUT2D eigenvalue weighted by Gasteiger charge is -2.19. The van der Waals surface area contributed by atoms with E-state index in [1.54, 1.807) is 0 Å². The van der Waals surface area contributed by atoms with Gasteiger partial charge in [0, 0.05) is 5.54 Å². The van der Waals surface area contributed by atoms with Crippen molar-refractivity contribution in [1.82, 2.24) is 0 Å². The Balaban J connectivity index is 2.45. The zero-order valence-corrected chi connectivity index (χ0v) is 5.93. The van der Waals surface area contributed by atoms with Crippen molar-refractivity contribution in [2.45, 2.75) is 31.7 Å². The normalized spacial score (nSPS) is 43.7. The Labute approximate surface area is 56.1 Å². The minimum absolute atomic E-state index is 0.150. The Bertz CT molecular complexity index is 105. The minimum atomic E-state index is -0.237. The van der Waals surface area contributed by atoms with Crippen LogP contribution < -0.4 is 5.73 Å². The van der Waals surface area contributed by atoms with Crippen LogP contribution in [0.1, 0.15) is 26.2 Å². The summed E-state index contributed by atoms with van der Waals surface area (Å²) in [6.07, 6.45) is 3.16. The van der Waals surface area contributed by atoms with E-state index >= 15 is 0 Å². The van der Waals surface area contributed by atoms with Crippen molar-refractivity contribution >= 4 is 0 Å². The lowest BCUT2D eigenvalue weighted by Crippen LogP contribution is -2.40. The zero-order chi connectivity index (χ0) is 6.91. The van der Waals surface area contributed by atoms with E-state index in [9.17, 15) is 0 Å². The highest BCUT2D eigenvalue weighted by molar-refractivity contribution is 4.91. The summed E-state index contributed by atoms with van der Waals surface area (Å²) in [5.41, 5.74) is 5.56. The summed E-state index contributed by atoms with van der Waals surface area (Å²) >= 11 is 0. The molecule has 1 fully saturated rings. The van der Waals surface area contributed by atoms with E-state index in [2.05, 4.69) is 6.92 Å².